The van der Waals surface area contributed by atoms with Crippen LogP contribution in [-0.4, -0.2) is 24.3 Å². The molecule has 32 heavy (non-hydrogen) atoms. The lowest BCUT2D eigenvalue weighted by molar-refractivity contribution is 0.370. The van der Waals surface area contributed by atoms with E-state index >= 15 is 0 Å². The first-order valence-corrected chi connectivity index (χ1v) is 10.6. The first-order chi connectivity index (χ1) is 15.4. The lowest BCUT2D eigenvalue weighted by atomic mass is 10.0. The van der Waals surface area contributed by atoms with Crippen molar-refractivity contribution >= 4 is 21.4 Å². The van der Waals surface area contributed by atoms with E-state index in [1.165, 1.54) is 16.2 Å². The third kappa shape index (κ3) is 3.64. The van der Waals surface area contributed by atoms with E-state index in [9.17, 15) is 9.18 Å². The Morgan fingerprint density at radius 2 is 1.84 bits per heavy atom. The van der Waals surface area contributed by atoms with Gasteiger partial charge in [0.1, 0.15) is 17.9 Å². The predicted molar refractivity (Wildman–Crippen MR) is 121 cm³/mol. The molecular formula is C23H17BrFN5O2. The van der Waals surface area contributed by atoms with Crippen LogP contribution in [-0.2, 0) is 6.54 Å². The molecule has 0 bridgehead atoms. The number of aromatic nitrogens is 5. The standard InChI is InChI=1S/C23H17BrFN5O2/c1-13-3-4-15(9-14(13)2)19-11-20-23(31)29(7-8-30(20)27-19)12-21-26-22(28-32-21)16-5-6-18(25)17(24)10-16/h3-11H,12H2,1-2H3. The molecule has 7 nitrogen and oxygen atoms in total. The molecule has 5 aromatic rings. The van der Waals surface area contributed by atoms with Gasteiger partial charge >= 0.3 is 0 Å². The maximum atomic E-state index is 13.5. The van der Waals surface area contributed by atoms with Crippen LogP contribution in [0, 0.1) is 19.7 Å². The van der Waals surface area contributed by atoms with Crippen LogP contribution in [0.3, 0.4) is 0 Å². The van der Waals surface area contributed by atoms with Crippen molar-refractivity contribution < 1.29 is 8.91 Å². The van der Waals surface area contributed by atoms with Crippen molar-refractivity contribution in [1.82, 2.24) is 24.3 Å². The third-order valence-corrected chi connectivity index (χ3v) is 5.97. The van der Waals surface area contributed by atoms with Crippen molar-refractivity contribution in [2.24, 2.45) is 0 Å². The third-order valence-electron chi connectivity index (χ3n) is 5.36. The average Bonchev–Trinajstić information content (AvgIpc) is 3.42. The van der Waals surface area contributed by atoms with Crippen LogP contribution in [0.15, 0.2) is 68.6 Å². The zero-order valence-corrected chi connectivity index (χ0v) is 18.8. The summed E-state index contributed by atoms with van der Waals surface area (Å²) in [5, 5.41) is 8.48. The van der Waals surface area contributed by atoms with Crippen LogP contribution in [0.1, 0.15) is 17.0 Å². The molecule has 9 heteroatoms. The summed E-state index contributed by atoms with van der Waals surface area (Å²) in [5.74, 6) is 0.204. The van der Waals surface area contributed by atoms with Gasteiger partial charge in [-0.3, -0.25) is 4.79 Å². The van der Waals surface area contributed by atoms with E-state index in [-0.39, 0.29) is 23.8 Å². The number of hydrogen-bond acceptors (Lipinski definition) is 5. The Kier molecular flexibility index (Phi) is 4.97. The smallest absolute Gasteiger partial charge is 0.277 e. The molecule has 0 fully saturated rings. The van der Waals surface area contributed by atoms with Crippen molar-refractivity contribution in [2.75, 3.05) is 0 Å². The highest BCUT2D eigenvalue weighted by Gasteiger charge is 2.14. The van der Waals surface area contributed by atoms with Gasteiger partial charge in [0.15, 0.2) is 0 Å². The van der Waals surface area contributed by atoms with Crippen molar-refractivity contribution in [1.29, 1.82) is 0 Å². The lowest BCUT2D eigenvalue weighted by Crippen LogP contribution is -2.21. The summed E-state index contributed by atoms with van der Waals surface area (Å²) in [5.41, 5.74) is 4.87. The van der Waals surface area contributed by atoms with Crippen LogP contribution in [0.5, 0.6) is 0 Å². The highest BCUT2D eigenvalue weighted by atomic mass is 79.9. The molecule has 3 aromatic heterocycles. The first-order valence-electron chi connectivity index (χ1n) is 9.83. The molecule has 5 rings (SSSR count). The highest BCUT2D eigenvalue weighted by Crippen LogP contribution is 2.24. The molecule has 0 radical (unpaired) electrons. The second-order valence-electron chi connectivity index (χ2n) is 7.53. The van der Waals surface area contributed by atoms with Crippen LogP contribution in [0.25, 0.3) is 28.2 Å². The van der Waals surface area contributed by atoms with Gasteiger partial charge in [-0.25, -0.2) is 8.91 Å². The lowest BCUT2D eigenvalue weighted by Gasteiger charge is -2.02. The molecule has 0 aliphatic heterocycles. The Bertz CT molecular complexity index is 1540. The van der Waals surface area contributed by atoms with Crippen LogP contribution in [0.4, 0.5) is 4.39 Å². The largest absolute Gasteiger partial charge is 0.337 e. The van der Waals surface area contributed by atoms with Crippen molar-refractivity contribution in [3.8, 4) is 22.6 Å². The summed E-state index contributed by atoms with van der Waals surface area (Å²) >= 11 is 3.15. The van der Waals surface area contributed by atoms with Gasteiger partial charge in [-0.2, -0.15) is 10.1 Å². The van der Waals surface area contributed by atoms with Gasteiger partial charge in [0.2, 0.25) is 11.7 Å². The van der Waals surface area contributed by atoms with Crippen molar-refractivity contribution in [3.05, 3.63) is 92.5 Å². The molecule has 0 spiro atoms. The van der Waals surface area contributed by atoms with Gasteiger partial charge in [0, 0.05) is 23.5 Å². The number of nitrogens with zero attached hydrogens (tertiary/aromatic N) is 5. The van der Waals surface area contributed by atoms with Gasteiger partial charge in [0.05, 0.1) is 10.2 Å². The average molecular weight is 494 g/mol. The Balaban J connectivity index is 1.46. The quantitative estimate of drug-likeness (QED) is 0.360. The number of fused-ring (bicyclic) bond motifs is 1. The number of aryl methyl sites for hydroxylation is 2. The zero-order valence-electron chi connectivity index (χ0n) is 17.2. The van der Waals surface area contributed by atoms with E-state index in [0.29, 0.717) is 21.4 Å². The molecule has 2 aromatic carbocycles. The fourth-order valence-corrected chi connectivity index (χ4v) is 3.79. The molecule has 3 heterocycles. The van der Waals surface area contributed by atoms with Gasteiger partial charge in [-0.1, -0.05) is 17.3 Å². The summed E-state index contributed by atoms with van der Waals surface area (Å²) < 4.78 is 22.1. The molecule has 0 saturated carbocycles. The summed E-state index contributed by atoms with van der Waals surface area (Å²) in [6, 6.07) is 12.3. The summed E-state index contributed by atoms with van der Waals surface area (Å²) in [7, 11) is 0. The summed E-state index contributed by atoms with van der Waals surface area (Å²) in [6.45, 7) is 4.21. The predicted octanol–water partition coefficient (Wildman–Crippen LogP) is 4.78. The summed E-state index contributed by atoms with van der Waals surface area (Å²) in [6.07, 6.45) is 3.35. The Labute approximate surface area is 190 Å². The SMILES string of the molecule is Cc1ccc(-c2cc3c(=O)n(Cc4nc(-c5ccc(F)c(Br)c5)no4)ccn3n2)cc1C. The van der Waals surface area contributed by atoms with E-state index in [0.717, 1.165) is 16.8 Å². The molecule has 0 saturated heterocycles. The fraction of sp³-hybridized carbons (Fsp3) is 0.130. The number of benzene rings is 2. The molecule has 0 N–H and O–H groups in total. The first kappa shape index (κ1) is 20.3. The Morgan fingerprint density at radius 3 is 2.62 bits per heavy atom. The number of rotatable bonds is 4. The number of hydrogen-bond donors (Lipinski definition) is 0. The van der Waals surface area contributed by atoms with E-state index in [1.54, 1.807) is 35.1 Å². The Hall–Kier alpha value is -3.59. The van der Waals surface area contributed by atoms with Crippen LogP contribution >= 0.6 is 15.9 Å². The zero-order chi connectivity index (χ0) is 22.4. The topological polar surface area (TPSA) is 78.2 Å². The second kappa shape index (κ2) is 7.83. The van der Waals surface area contributed by atoms with Crippen LogP contribution < -0.4 is 5.56 Å². The maximum Gasteiger partial charge on any atom is 0.277 e. The van der Waals surface area contributed by atoms with Gasteiger partial charge in [-0.15, -0.1) is 0 Å². The highest BCUT2D eigenvalue weighted by molar-refractivity contribution is 9.10. The molecular weight excluding hydrogens is 477 g/mol. The molecule has 0 aliphatic carbocycles. The fourth-order valence-electron chi connectivity index (χ4n) is 3.41. The Morgan fingerprint density at radius 1 is 1.03 bits per heavy atom. The van der Waals surface area contributed by atoms with Crippen LogP contribution in [0.2, 0.25) is 0 Å². The van der Waals surface area contributed by atoms with Gasteiger partial charge in [0.25, 0.3) is 5.56 Å². The van der Waals surface area contributed by atoms with E-state index < -0.39 is 0 Å². The van der Waals surface area contributed by atoms with E-state index in [4.69, 9.17) is 4.52 Å². The minimum absolute atomic E-state index is 0.106. The van der Waals surface area contributed by atoms with E-state index in [1.807, 2.05) is 19.1 Å². The van der Waals surface area contributed by atoms with Gasteiger partial charge < -0.3 is 9.09 Å². The van der Waals surface area contributed by atoms with Crippen molar-refractivity contribution in [3.63, 3.8) is 0 Å². The van der Waals surface area contributed by atoms with Crippen molar-refractivity contribution in [2.45, 2.75) is 20.4 Å². The summed E-state index contributed by atoms with van der Waals surface area (Å²) in [4.78, 5) is 17.4. The minimum Gasteiger partial charge on any atom is -0.337 e. The van der Waals surface area contributed by atoms with E-state index in [2.05, 4.69) is 44.2 Å². The molecule has 0 amide bonds. The normalized spacial score (nSPS) is 11.4. The second-order valence-corrected chi connectivity index (χ2v) is 8.38. The monoisotopic (exact) mass is 493 g/mol. The maximum absolute atomic E-state index is 13.5. The molecule has 0 atom stereocenters. The molecule has 160 valence electrons. The minimum atomic E-state index is -0.377. The molecule has 0 aliphatic rings. The molecule has 0 unspecified atom stereocenters. The van der Waals surface area contributed by atoms with Gasteiger partial charge in [-0.05, 0) is 71.2 Å². The number of halogens is 2.